The second-order valence-corrected chi connectivity index (χ2v) is 4.32. The molecular weight excluding hydrogens is 248 g/mol. The molecule has 0 aliphatic rings. The topological polar surface area (TPSA) is 43.8 Å². The minimum Gasteiger partial charge on any atom is -0.369 e. The standard InChI is InChI=1S/C14H11F2N3/c1-8-4-2-3-5-11(8)19-13-10(18-14(19)17)7-6-9(15)12(13)16/h2-7H,1H3,(H2,17,18). The number of anilines is 1. The zero-order valence-corrected chi connectivity index (χ0v) is 10.2. The van der Waals surface area contributed by atoms with Crippen LogP contribution in [-0.2, 0) is 0 Å². The Kier molecular flexibility index (Phi) is 2.48. The molecule has 2 aromatic carbocycles. The summed E-state index contributed by atoms with van der Waals surface area (Å²) in [6, 6.07) is 9.80. The molecule has 0 amide bonds. The van der Waals surface area contributed by atoms with Gasteiger partial charge in [-0.2, -0.15) is 0 Å². The number of imidazole rings is 1. The number of benzene rings is 2. The molecule has 2 N–H and O–H groups in total. The normalized spacial score (nSPS) is 11.1. The van der Waals surface area contributed by atoms with Gasteiger partial charge in [0.15, 0.2) is 11.6 Å². The van der Waals surface area contributed by atoms with Gasteiger partial charge in [0, 0.05) is 0 Å². The third-order valence-electron chi connectivity index (χ3n) is 3.09. The molecule has 3 nitrogen and oxygen atoms in total. The largest absolute Gasteiger partial charge is 0.369 e. The lowest BCUT2D eigenvalue weighted by molar-refractivity contribution is 0.514. The van der Waals surface area contributed by atoms with Crippen molar-refractivity contribution in [2.24, 2.45) is 0 Å². The minimum atomic E-state index is -0.940. The molecule has 0 spiro atoms. The van der Waals surface area contributed by atoms with E-state index in [2.05, 4.69) is 4.98 Å². The van der Waals surface area contributed by atoms with Gasteiger partial charge in [-0.1, -0.05) is 18.2 Å². The van der Waals surface area contributed by atoms with Crippen molar-refractivity contribution >= 4 is 17.0 Å². The van der Waals surface area contributed by atoms with Gasteiger partial charge in [-0.25, -0.2) is 13.8 Å². The Morgan fingerprint density at radius 2 is 1.84 bits per heavy atom. The summed E-state index contributed by atoms with van der Waals surface area (Å²) in [4.78, 5) is 4.07. The summed E-state index contributed by atoms with van der Waals surface area (Å²) >= 11 is 0. The zero-order valence-electron chi connectivity index (χ0n) is 10.2. The molecule has 0 atom stereocenters. The highest BCUT2D eigenvalue weighted by molar-refractivity contribution is 5.81. The van der Waals surface area contributed by atoms with Crippen molar-refractivity contribution in [2.75, 3.05) is 5.73 Å². The molecular formula is C14H11F2N3. The van der Waals surface area contributed by atoms with Crippen LogP contribution in [0.1, 0.15) is 5.56 Å². The molecule has 1 heterocycles. The lowest BCUT2D eigenvalue weighted by atomic mass is 10.2. The highest BCUT2D eigenvalue weighted by Crippen LogP contribution is 2.28. The Morgan fingerprint density at radius 1 is 1.11 bits per heavy atom. The van der Waals surface area contributed by atoms with Crippen molar-refractivity contribution in [3.05, 3.63) is 53.6 Å². The fraction of sp³-hybridized carbons (Fsp3) is 0.0714. The summed E-state index contributed by atoms with van der Waals surface area (Å²) in [6.45, 7) is 1.87. The van der Waals surface area contributed by atoms with Crippen molar-refractivity contribution in [1.29, 1.82) is 0 Å². The quantitative estimate of drug-likeness (QED) is 0.729. The Hall–Kier alpha value is -2.43. The predicted molar refractivity (Wildman–Crippen MR) is 70.1 cm³/mol. The first-order chi connectivity index (χ1) is 9.09. The lowest BCUT2D eigenvalue weighted by Gasteiger charge is -2.10. The molecule has 19 heavy (non-hydrogen) atoms. The Morgan fingerprint density at radius 3 is 2.58 bits per heavy atom. The Balaban J connectivity index is 2.45. The summed E-state index contributed by atoms with van der Waals surface area (Å²) in [6.07, 6.45) is 0. The van der Waals surface area contributed by atoms with Crippen LogP contribution in [0.25, 0.3) is 16.7 Å². The van der Waals surface area contributed by atoms with Crippen LogP contribution in [0.5, 0.6) is 0 Å². The molecule has 0 aliphatic heterocycles. The maximum absolute atomic E-state index is 14.0. The van der Waals surface area contributed by atoms with E-state index < -0.39 is 11.6 Å². The number of halogens is 2. The van der Waals surface area contributed by atoms with Crippen molar-refractivity contribution in [3.8, 4) is 5.69 Å². The summed E-state index contributed by atoms with van der Waals surface area (Å²) in [5.74, 6) is -1.72. The maximum Gasteiger partial charge on any atom is 0.206 e. The van der Waals surface area contributed by atoms with Crippen LogP contribution in [0.15, 0.2) is 36.4 Å². The number of nitrogen functional groups attached to an aromatic ring is 1. The third kappa shape index (κ3) is 1.66. The number of aryl methyl sites for hydroxylation is 1. The van der Waals surface area contributed by atoms with Crippen molar-refractivity contribution in [3.63, 3.8) is 0 Å². The monoisotopic (exact) mass is 259 g/mol. The molecule has 3 aromatic rings. The molecule has 0 saturated heterocycles. The average Bonchev–Trinajstić information content (AvgIpc) is 2.72. The molecule has 0 bridgehead atoms. The first-order valence-electron chi connectivity index (χ1n) is 5.77. The number of para-hydroxylation sites is 1. The fourth-order valence-electron chi connectivity index (χ4n) is 2.18. The number of aromatic nitrogens is 2. The van der Waals surface area contributed by atoms with E-state index in [1.165, 1.54) is 10.6 Å². The van der Waals surface area contributed by atoms with Crippen LogP contribution < -0.4 is 5.73 Å². The third-order valence-corrected chi connectivity index (χ3v) is 3.09. The van der Waals surface area contributed by atoms with E-state index in [4.69, 9.17) is 5.73 Å². The molecule has 1 aromatic heterocycles. The molecule has 5 heteroatoms. The van der Waals surface area contributed by atoms with Gasteiger partial charge in [-0.15, -0.1) is 0 Å². The van der Waals surface area contributed by atoms with Gasteiger partial charge in [0.05, 0.1) is 11.2 Å². The molecule has 96 valence electrons. The van der Waals surface area contributed by atoms with Crippen LogP contribution in [-0.4, -0.2) is 9.55 Å². The van der Waals surface area contributed by atoms with Gasteiger partial charge >= 0.3 is 0 Å². The van der Waals surface area contributed by atoms with E-state index in [1.54, 1.807) is 6.07 Å². The Labute approximate surface area is 108 Å². The fourth-order valence-corrected chi connectivity index (χ4v) is 2.18. The highest BCUT2D eigenvalue weighted by atomic mass is 19.2. The number of nitrogens with zero attached hydrogens (tertiary/aromatic N) is 2. The van der Waals surface area contributed by atoms with E-state index in [0.29, 0.717) is 11.2 Å². The number of rotatable bonds is 1. The minimum absolute atomic E-state index is 0.0619. The van der Waals surface area contributed by atoms with Crippen LogP contribution in [0.3, 0.4) is 0 Å². The van der Waals surface area contributed by atoms with Gasteiger partial charge in [0.25, 0.3) is 0 Å². The van der Waals surface area contributed by atoms with E-state index in [0.717, 1.165) is 11.6 Å². The van der Waals surface area contributed by atoms with Gasteiger partial charge in [-0.05, 0) is 30.7 Å². The number of hydrogen-bond donors (Lipinski definition) is 1. The average molecular weight is 259 g/mol. The number of nitrogens with two attached hydrogens (primary N) is 1. The predicted octanol–water partition coefficient (Wildman–Crippen LogP) is 3.19. The van der Waals surface area contributed by atoms with Gasteiger partial charge < -0.3 is 5.73 Å². The maximum atomic E-state index is 14.0. The van der Waals surface area contributed by atoms with E-state index in [1.807, 2.05) is 25.1 Å². The zero-order chi connectivity index (χ0) is 13.6. The van der Waals surface area contributed by atoms with E-state index in [9.17, 15) is 8.78 Å². The van der Waals surface area contributed by atoms with Gasteiger partial charge in [0.1, 0.15) is 5.52 Å². The summed E-state index contributed by atoms with van der Waals surface area (Å²) < 4.78 is 28.8. The van der Waals surface area contributed by atoms with E-state index in [-0.39, 0.29) is 11.5 Å². The molecule has 0 radical (unpaired) electrons. The number of fused-ring (bicyclic) bond motifs is 1. The lowest BCUT2D eigenvalue weighted by Crippen LogP contribution is -2.03. The number of hydrogen-bond acceptors (Lipinski definition) is 2. The Bertz CT molecular complexity index is 778. The second-order valence-electron chi connectivity index (χ2n) is 4.32. The van der Waals surface area contributed by atoms with Crippen molar-refractivity contribution in [1.82, 2.24) is 9.55 Å². The first kappa shape index (κ1) is 11.6. The molecule has 0 saturated carbocycles. The summed E-state index contributed by atoms with van der Waals surface area (Å²) in [5.41, 5.74) is 7.82. The summed E-state index contributed by atoms with van der Waals surface area (Å²) in [5, 5.41) is 0. The SMILES string of the molecule is Cc1ccccc1-n1c(N)nc2ccc(F)c(F)c21. The molecule has 0 fully saturated rings. The highest BCUT2D eigenvalue weighted by Gasteiger charge is 2.17. The van der Waals surface area contributed by atoms with Crippen molar-refractivity contribution < 1.29 is 8.78 Å². The van der Waals surface area contributed by atoms with Gasteiger partial charge in [-0.3, -0.25) is 4.57 Å². The molecule has 3 rings (SSSR count). The van der Waals surface area contributed by atoms with Crippen LogP contribution >= 0.6 is 0 Å². The molecule has 0 aliphatic carbocycles. The molecule has 0 unspecified atom stereocenters. The first-order valence-corrected chi connectivity index (χ1v) is 5.77. The van der Waals surface area contributed by atoms with Crippen LogP contribution in [0.2, 0.25) is 0 Å². The van der Waals surface area contributed by atoms with Crippen molar-refractivity contribution in [2.45, 2.75) is 6.92 Å². The van der Waals surface area contributed by atoms with Gasteiger partial charge in [0.2, 0.25) is 5.95 Å². The smallest absolute Gasteiger partial charge is 0.206 e. The second kappa shape index (κ2) is 4.05. The summed E-state index contributed by atoms with van der Waals surface area (Å²) in [7, 11) is 0. The van der Waals surface area contributed by atoms with Crippen LogP contribution in [0.4, 0.5) is 14.7 Å². The van der Waals surface area contributed by atoms with E-state index >= 15 is 0 Å². The van der Waals surface area contributed by atoms with Crippen LogP contribution in [0, 0.1) is 18.6 Å².